The van der Waals surface area contributed by atoms with E-state index in [4.69, 9.17) is 21.1 Å². The zero-order valence-corrected chi connectivity index (χ0v) is 23.5. The smallest absolute Gasteiger partial charge is 0.271 e. The van der Waals surface area contributed by atoms with Crippen molar-refractivity contribution < 1.29 is 19.4 Å². The molecule has 40 heavy (non-hydrogen) atoms. The van der Waals surface area contributed by atoms with E-state index in [0.29, 0.717) is 44.2 Å². The number of phenols is 1. The van der Waals surface area contributed by atoms with Gasteiger partial charge in [0.25, 0.3) is 11.5 Å². The van der Waals surface area contributed by atoms with E-state index in [1.807, 2.05) is 49.4 Å². The summed E-state index contributed by atoms with van der Waals surface area (Å²) < 4.78 is 12.7. The third-order valence-electron chi connectivity index (χ3n) is 6.37. The first-order valence-corrected chi connectivity index (χ1v) is 13.7. The lowest BCUT2D eigenvalue weighted by Crippen LogP contribution is -2.40. The summed E-state index contributed by atoms with van der Waals surface area (Å²) in [5, 5.41) is 13.1. The zero-order chi connectivity index (χ0) is 28.4. The van der Waals surface area contributed by atoms with Crippen molar-refractivity contribution in [3.63, 3.8) is 0 Å². The lowest BCUT2D eigenvalue weighted by atomic mass is 9.95. The molecule has 2 heterocycles. The third-order valence-corrected chi connectivity index (χ3v) is 7.64. The van der Waals surface area contributed by atoms with E-state index in [0.717, 1.165) is 5.56 Å². The van der Waals surface area contributed by atoms with E-state index in [9.17, 15) is 14.7 Å². The van der Waals surface area contributed by atoms with Crippen molar-refractivity contribution in [1.82, 2.24) is 4.57 Å². The van der Waals surface area contributed by atoms with Crippen LogP contribution in [-0.2, 0) is 4.79 Å². The first-order valence-electron chi connectivity index (χ1n) is 12.5. The predicted molar refractivity (Wildman–Crippen MR) is 156 cm³/mol. The van der Waals surface area contributed by atoms with E-state index in [2.05, 4.69) is 10.3 Å². The second-order valence-corrected chi connectivity index (χ2v) is 10.4. The van der Waals surface area contributed by atoms with Gasteiger partial charge in [-0.1, -0.05) is 53.3 Å². The highest BCUT2D eigenvalue weighted by atomic mass is 35.5. The minimum absolute atomic E-state index is 0.0985. The number of nitrogens with one attached hydrogen (secondary N) is 1. The SMILES string of the molecule is CCOc1ccc([C@@H]2C(C(=O)Nc3ccccc3)=C(C)N=c3s/c(=C\c4cc(Cl)c(O)c(OC)c4)c(=O)n32)cc1. The topological polar surface area (TPSA) is 102 Å². The molecule has 5 rings (SSSR count). The number of allylic oxidation sites excluding steroid dienone is 1. The average molecular weight is 576 g/mol. The van der Waals surface area contributed by atoms with Gasteiger partial charge in [0.2, 0.25) is 0 Å². The highest BCUT2D eigenvalue weighted by molar-refractivity contribution is 7.07. The highest BCUT2D eigenvalue weighted by Gasteiger charge is 2.32. The van der Waals surface area contributed by atoms with Crippen LogP contribution in [0, 0.1) is 0 Å². The van der Waals surface area contributed by atoms with E-state index < -0.39 is 6.04 Å². The van der Waals surface area contributed by atoms with Gasteiger partial charge in [-0.3, -0.25) is 14.2 Å². The van der Waals surface area contributed by atoms with Crippen LogP contribution in [-0.4, -0.2) is 29.3 Å². The van der Waals surface area contributed by atoms with Gasteiger partial charge >= 0.3 is 0 Å². The summed E-state index contributed by atoms with van der Waals surface area (Å²) in [5.41, 5.74) is 2.49. The molecule has 4 aromatic rings. The normalized spacial score (nSPS) is 14.9. The molecule has 0 saturated heterocycles. The number of phenolic OH excluding ortho intramolecular Hbond substituents is 1. The van der Waals surface area contributed by atoms with E-state index in [1.54, 1.807) is 41.8 Å². The number of ether oxygens (including phenoxy) is 2. The first kappa shape index (κ1) is 27.2. The first-order chi connectivity index (χ1) is 19.3. The molecule has 0 unspecified atom stereocenters. The largest absolute Gasteiger partial charge is 0.503 e. The van der Waals surface area contributed by atoms with Gasteiger partial charge in [-0.25, -0.2) is 4.99 Å². The Morgan fingerprint density at radius 3 is 2.58 bits per heavy atom. The van der Waals surface area contributed by atoms with Crippen LogP contribution in [0.5, 0.6) is 17.2 Å². The molecule has 1 amide bonds. The van der Waals surface area contributed by atoms with Crippen molar-refractivity contribution in [2.45, 2.75) is 19.9 Å². The molecule has 8 nitrogen and oxygen atoms in total. The Kier molecular flexibility index (Phi) is 7.77. The second-order valence-electron chi connectivity index (χ2n) is 8.96. The van der Waals surface area contributed by atoms with Gasteiger partial charge in [-0.15, -0.1) is 0 Å². The van der Waals surface area contributed by atoms with Crippen LogP contribution in [0.1, 0.15) is 31.0 Å². The number of thiazole rings is 1. The Morgan fingerprint density at radius 1 is 1.18 bits per heavy atom. The fourth-order valence-electron chi connectivity index (χ4n) is 4.54. The number of hydrogen-bond donors (Lipinski definition) is 2. The van der Waals surface area contributed by atoms with Crippen molar-refractivity contribution in [1.29, 1.82) is 0 Å². The van der Waals surface area contributed by atoms with E-state index >= 15 is 0 Å². The highest BCUT2D eigenvalue weighted by Crippen LogP contribution is 2.35. The number of para-hydroxylation sites is 1. The Bertz CT molecular complexity index is 1790. The second kappa shape index (κ2) is 11.4. The zero-order valence-electron chi connectivity index (χ0n) is 22.0. The van der Waals surface area contributed by atoms with Crippen LogP contribution >= 0.6 is 22.9 Å². The maximum Gasteiger partial charge on any atom is 0.271 e. The number of anilines is 1. The maximum atomic E-state index is 13.9. The van der Waals surface area contributed by atoms with Gasteiger partial charge in [0.15, 0.2) is 16.3 Å². The quantitative estimate of drug-likeness (QED) is 0.334. The molecule has 1 atom stereocenters. The molecule has 0 bridgehead atoms. The van der Waals surface area contributed by atoms with Crippen LogP contribution in [0.15, 0.2) is 87.8 Å². The monoisotopic (exact) mass is 575 g/mol. The molecule has 1 aliphatic heterocycles. The number of hydrogen-bond acceptors (Lipinski definition) is 7. The van der Waals surface area contributed by atoms with Gasteiger partial charge in [-0.05, 0) is 67.4 Å². The minimum Gasteiger partial charge on any atom is -0.503 e. The van der Waals surface area contributed by atoms with Crippen molar-refractivity contribution in [2.24, 2.45) is 4.99 Å². The summed E-state index contributed by atoms with van der Waals surface area (Å²) in [6.45, 7) is 4.19. The fraction of sp³-hybridized carbons (Fsp3) is 0.167. The molecule has 0 saturated carbocycles. The number of halogens is 1. The number of aromatic nitrogens is 1. The Labute approximate surface area is 239 Å². The maximum absolute atomic E-state index is 13.9. The number of aromatic hydroxyl groups is 1. The summed E-state index contributed by atoms with van der Waals surface area (Å²) in [7, 11) is 1.42. The standard InChI is InChI=1S/C30H26ClN3O5S/c1-4-39-21-12-10-19(11-13-21)26-25(28(36)33-20-8-6-5-7-9-20)17(2)32-30-34(26)29(37)24(40-30)16-18-14-22(31)27(35)23(15-18)38-3/h5-16,26,35H,4H2,1-3H3,(H,33,36)/b24-16-/t26-/m1/s1. The summed E-state index contributed by atoms with van der Waals surface area (Å²) in [6, 6.07) is 18.9. The van der Waals surface area contributed by atoms with Crippen LogP contribution < -0.4 is 29.7 Å². The minimum atomic E-state index is -0.726. The van der Waals surface area contributed by atoms with Crippen LogP contribution in [0.3, 0.4) is 0 Å². The lowest BCUT2D eigenvalue weighted by Gasteiger charge is -2.25. The predicted octanol–water partition coefficient (Wildman–Crippen LogP) is 4.64. The fourth-order valence-corrected chi connectivity index (χ4v) is 5.81. The number of fused-ring (bicyclic) bond motifs is 1. The number of nitrogens with zero attached hydrogens (tertiary/aromatic N) is 2. The number of amides is 1. The molecule has 3 aromatic carbocycles. The molecule has 1 aliphatic rings. The molecule has 1 aromatic heterocycles. The average Bonchev–Trinajstić information content (AvgIpc) is 3.24. The van der Waals surface area contributed by atoms with Crippen LogP contribution in [0.25, 0.3) is 6.08 Å². The van der Waals surface area contributed by atoms with Gasteiger partial charge in [0.05, 0.1) is 40.6 Å². The molecule has 2 N–H and O–H groups in total. The van der Waals surface area contributed by atoms with Gasteiger partial charge in [-0.2, -0.15) is 0 Å². The molecule has 0 radical (unpaired) electrons. The Hall–Kier alpha value is -4.34. The van der Waals surface area contributed by atoms with Gasteiger partial charge in [0.1, 0.15) is 5.75 Å². The molecule has 0 spiro atoms. The molecular formula is C30H26ClN3O5S. The number of carbonyl (C=O) groups is 1. The van der Waals surface area contributed by atoms with Crippen LogP contribution in [0.2, 0.25) is 5.02 Å². The molecule has 10 heteroatoms. The summed E-state index contributed by atoms with van der Waals surface area (Å²) in [5.74, 6) is 0.348. The lowest BCUT2D eigenvalue weighted by molar-refractivity contribution is -0.113. The Morgan fingerprint density at radius 2 is 1.90 bits per heavy atom. The number of methoxy groups -OCH3 is 1. The molecule has 204 valence electrons. The third kappa shape index (κ3) is 5.25. The van der Waals surface area contributed by atoms with Crippen molar-refractivity contribution in [3.8, 4) is 17.2 Å². The van der Waals surface area contributed by atoms with Crippen molar-refractivity contribution in [2.75, 3.05) is 19.0 Å². The number of benzene rings is 3. The summed E-state index contributed by atoms with van der Waals surface area (Å²) in [4.78, 5) is 32.7. The van der Waals surface area contributed by atoms with Crippen molar-refractivity contribution >= 4 is 40.6 Å². The number of carbonyl (C=O) groups excluding carboxylic acids is 1. The van der Waals surface area contributed by atoms with E-state index in [1.165, 1.54) is 18.4 Å². The van der Waals surface area contributed by atoms with Crippen LogP contribution in [0.4, 0.5) is 5.69 Å². The molecule has 0 aliphatic carbocycles. The summed E-state index contributed by atoms with van der Waals surface area (Å²) >= 11 is 7.38. The van der Waals surface area contributed by atoms with Crippen molar-refractivity contribution in [3.05, 3.63) is 114 Å². The van der Waals surface area contributed by atoms with Gasteiger partial charge in [0, 0.05) is 5.69 Å². The molecular weight excluding hydrogens is 550 g/mol. The van der Waals surface area contributed by atoms with E-state index in [-0.39, 0.29) is 28.0 Å². The Balaban J connectivity index is 1.67. The number of rotatable bonds is 7. The van der Waals surface area contributed by atoms with Gasteiger partial charge < -0.3 is 19.9 Å². The molecule has 0 fully saturated rings. The summed E-state index contributed by atoms with van der Waals surface area (Å²) in [6.07, 6.45) is 1.66.